The molecule has 0 unspecified atom stereocenters. The Balaban J connectivity index is 1.55. The van der Waals surface area contributed by atoms with Crippen molar-refractivity contribution < 1.29 is 4.79 Å². The maximum Gasteiger partial charge on any atom is 0.250 e. The number of thioether (sulfide) groups is 1. The fraction of sp³-hybridized carbons (Fsp3) is 0.125. The Bertz CT molecular complexity index is 811. The molecule has 0 bridgehead atoms. The van der Waals surface area contributed by atoms with Gasteiger partial charge in [0.25, 0.3) is 5.91 Å². The quantitative estimate of drug-likeness (QED) is 0.429. The molecule has 0 aliphatic rings. The number of imidazole rings is 1. The molecule has 0 saturated heterocycles. The molecule has 0 atom stereocenters. The number of aromatic amines is 1. The van der Waals surface area contributed by atoms with E-state index in [4.69, 9.17) is 0 Å². The van der Waals surface area contributed by atoms with Crippen molar-refractivity contribution in [3.8, 4) is 0 Å². The molecule has 0 fully saturated rings. The van der Waals surface area contributed by atoms with Crippen molar-refractivity contribution >= 4 is 34.4 Å². The average molecular weight is 325 g/mol. The second kappa shape index (κ2) is 7.06. The van der Waals surface area contributed by atoms with Crippen LogP contribution in [0.1, 0.15) is 12.5 Å². The minimum atomic E-state index is -0.177. The van der Waals surface area contributed by atoms with Gasteiger partial charge in [-0.05, 0) is 31.2 Å². The summed E-state index contributed by atoms with van der Waals surface area (Å²) in [6.45, 7) is 1.84. The molecule has 23 heavy (non-hydrogen) atoms. The van der Waals surface area contributed by atoms with Crippen LogP contribution >= 0.6 is 11.8 Å². The number of rotatable bonds is 5. The molecule has 0 spiro atoms. The Kier molecular flexibility index (Phi) is 4.68. The maximum absolute atomic E-state index is 11.9. The third-order valence-electron chi connectivity index (χ3n) is 3.15. The van der Waals surface area contributed by atoms with Crippen LogP contribution in [0.15, 0.2) is 59.0 Å². The van der Waals surface area contributed by atoms with Crippen molar-refractivity contribution in [1.29, 1.82) is 0 Å². The smallest absolute Gasteiger partial charge is 0.250 e. The number of pyridine rings is 1. The zero-order valence-corrected chi connectivity index (χ0v) is 13.3. The van der Waals surface area contributed by atoms with E-state index in [-0.39, 0.29) is 11.7 Å². The van der Waals surface area contributed by atoms with Crippen molar-refractivity contribution in [2.75, 3.05) is 5.75 Å². The van der Waals surface area contributed by atoms with E-state index in [0.717, 1.165) is 27.5 Å². The number of fused-ring (bicyclic) bond motifs is 1. The number of amides is 1. The lowest BCUT2D eigenvalue weighted by atomic mass is 10.2. The molecule has 3 aromatic rings. The third-order valence-corrected chi connectivity index (χ3v) is 4.03. The Morgan fingerprint density at radius 3 is 2.83 bits per heavy atom. The summed E-state index contributed by atoms with van der Waals surface area (Å²) in [4.78, 5) is 23.4. The fourth-order valence-corrected chi connectivity index (χ4v) is 2.65. The number of benzene rings is 1. The number of hydrogen-bond donors (Lipinski definition) is 2. The molecular formula is C16H15N5OS. The van der Waals surface area contributed by atoms with Gasteiger partial charge in [-0.2, -0.15) is 5.10 Å². The molecule has 7 heteroatoms. The Morgan fingerprint density at radius 2 is 2.04 bits per heavy atom. The van der Waals surface area contributed by atoms with Crippen molar-refractivity contribution in [2.24, 2.45) is 5.10 Å². The number of hydrazone groups is 1. The van der Waals surface area contributed by atoms with Crippen LogP contribution in [-0.2, 0) is 4.79 Å². The lowest BCUT2D eigenvalue weighted by molar-refractivity contribution is -0.118. The van der Waals surface area contributed by atoms with Crippen LogP contribution in [0.2, 0.25) is 0 Å². The summed E-state index contributed by atoms with van der Waals surface area (Å²) >= 11 is 1.34. The number of para-hydroxylation sites is 2. The molecule has 6 nitrogen and oxygen atoms in total. The van der Waals surface area contributed by atoms with E-state index in [9.17, 15) is 4.79 Å². The lowest BCUT2D eigenvalue weighted by Crippen LogP contribution is -2.21. The summed E-state index contributed by atoms with van der Waals surface area (Å²) in [6, 6.07) is 11.4. The Labute approximate surface area is 137 Å². The highest BCUT2D eigenvalue weighted by Gasteiger charge is 2.06. The first-order valence-corrected chi connectivity index (χ1v) is 8.02. The van der Waals surface area contributed by atoms with Crippen LogP contribution in [0.25, 0.3) is 11.0 Å². The molecule has 0 aliphatic carbocycles. The van der Waals surface area contributed by atoms with E-state index in [1.807, 2.05) is 43.3 Å². The van der Waals surface area contributed by atoms with Crippen molar-refractivity contribution in [3.63, 3.8) is 0 Å². The van der Waals surface area contributed by atoms with Gasteiger partial charge in [-0.15, -0.1) is 0 Å². The number of carbonyl (C=O) groups excluding carboxylic acids is 1. The van der Waals surface area contributed by atoms with E-state index >= 15 is 0 Å². The van der Waals surface area contributed by atoms with Gasteiger partial charge in [-0.1, -0.05) is 23.9 Å². The fourth-order valence-electron chi connectivity index (χ4n) is 1.97. The van der Waals surface area contributed by atoms with Crippen molar-refractivity contribution in [1.82, 2.24) is 20.4 Å². The van der Waals surface area contributed by atoms with E-state index in [1.165, 1.54) is 11.8 Å². The number of aromatic nitrogens is 3. The first-order valence-electron chi connectivity index (χ1n) is 7.03. The molecule has 0 aliphatic heterocycles. The summed E-state index contributed by atoms with van der Waals surface area (Å²) < 4.78 is 0. The highest BCUT2D eigenvalue weighted by Crippen LogP contribution is 2.18. The summed E-state index contributed by atoms with van der Waals surface area (Å²) in [5.74, 6) is 0.0660. The Morgan fingerprint density at radius 1 is 1.26 bits per heavy atom. The number of nitrogens with one attached hydrogen (secondary N) is 2. The molecular weight excluding hydrogens is 310 g/mol. The van der Waals surface area contributed by atoms with E-state index < -0.39 is 0 Å². The minimum absolute atomic E-state index is 0.177. The Hall–Kier alpha value is -2.67. The topological polar surface area (TPSA) is 83.0 Å². The van der Waals surface area contributed by atoms with Crippen molar-refractivity contribution in [2.45, 2.75) is 12.1 Å². The standard InChI is InChI=1S/C16H15N5OS/c1-11(12-6-8-17-9-7-12)20-21-15(22)10-23-16-18-13-4-2-3-5-14(13)19-16/h2-9H,10H2,1H3,(H,18,19)(H,21,22)/b20-11-. The molecule has 0 saturated carbocycles. The second-order valence-electron chi connectivity index (χ2n) is 4.82. The van der Waals surface area contributed by atoms with Gasteiger partial charge in [-0.3, -0.25) is 9.78 Å². The van der Waals surface area contributed by atoms with Gasteiger partial charge in [0.05, 0.1) is 22.5 Å². The van der Waals surface area contributed by atoms with Crippen molar-refractivity contribution in [3.05, 3.63) is 54.4 Å². The maximum atomic E-state index is 11.9. The van der Waals surface area contributed by atoms with Gasteiger partial charge in [0.15, 0.2) is 5.16 Å². The first kappa shape index (κ1) is 15.2. The third kappa shape index (κ3) is 3.95. The van der Waals surface area contributed by atoms with Crippen LogP contribution in [0.5, 0.6) is 0 Å². The van der Waals surface area contributed by atoms with Crippen LogP contribution < -0.4 is 5.43 Å². The number of hydrogen-bond acceptors (Lipinski definition) is 5. The monoisotopic (exact) mass is 325 g/mol. The molecule has 2 aromatic heterocycles. The largest absolute Gasteiger partial charge is 0.333 e. The van der Waals surface area contributed by atoms with Crippen LogP contribution in [0.3, 0.4) is 0 Å². The summed E-state index contributed by atoms with van der Waals surface area (Å²) in [6.07, 6.45) is 3.38. The van der Waals surface area contributed by atoms with Gasteiger partial charge in [0, 0.05) is 18.0 Å². The predicted molar refractivity (Wildman–Crippen MR) is 91.4 cm³/mol. The normalized spacial score (nSPS) is 11.6. The van der Waals surface area contributed by atoms with E-state index in [2.05, 4.69) is 25.5 Å². The summed E-state index contributed by atoms with van der Waals surface area (Å²) in [7, 11) is 0. The highest BCUT2D eigenvalue weighted by atomic mass is 32.2. The second-order valence-corrected chi connectivity index (χ2v) is 5.78. The molecule has 1 amide bonds. The average Bonchev–Trinajstić information content (AvgIpc) is 3.01. The minimum Gasteiger partial charge on any atom is -0.333 e. The van der Waals surface area contributed by atoms with E-state index in [1.54, 1.807) is 12.4 Å². The zero-order chi connectivity index (χ0) is 16.1. The molecule has 2 heterocycles. The first-order chi connectivity index (χ1) is 11.2. The van der Waals surface area contributed by atoms with Crippen LogP contribution in [0.4, 0.5) is 0 Å². The summed E-state index contributed by atoms with van der Waals surface area (Å²) in [5, 5.41) is 4.81. The molecule has 3 rings (SSSR count). The van der Waals surface area contributed by atoms with Gasteiger partial charge in [-0.25, -0.2) is 10.4 Å². The van der Waals surface area contributed by atoms with Gasteiger partial charge in [0.1, 0.15) is 0 Å². The number of nitrogens with zero attached hydrogens (tertiary/aromatic N) is 3. The lowest BCUT2D eigenvalue weighted by Gasteiger charge is -2.01. The van der Waals surface area contributed by atoms with Crippen LogP contribution in [0, 0.1) is 0 Å². The molecule has 2 N–H and O–H groups in total. The highest BCUT2D eigenvalue weighted by molar-refractivity contribution is 7.99. The number of H-pyrrole nitrogens is 1. The molecule has 1 aromatic carbocycles. The number of carbonyl (C=O) groups is 1. The summed E-state index contributed by atoms with van der Waals surface area (Å²) in [5.41, 5.74) is 6.05. The zero-order valence-electron chi connectivity index (χ0n) is 12.5. The van der Waals surface area contributed by atoms with Gasteiger partial charge < -0.3 is 4.98 Å². The molecule has 116 valence electrons. The SMILES string of the molecule is C/C(=N/NC(=O)CSc1nc2ccccc2[nH]1)c1ccncc1. The van der Waals surface area contributed by atoms with Gasteiger partial charge in [0.2, 0.25) is 0 Å². The molecule has 0 radical (unpaired) electrons. The van der Waals surface area contributed by atoms with Gasteiger partial charge >= 0.3 is 0 Å². The van der Waals surface area contributed by atoms with Crippen LogP contribution in [-0.4, -0.2) is 32.3 Å². The predicted octanol–water partition coefficient (Wildman–Crippen LogP) is 2.59. The van der Waals surface area contributed by atoms with E-state index in [0.29, 0.717) is 0 Å².